The Morgan fingerprint density at radius 3 is 2.18 bits per heavy atom. The van der Waals surface area contributed by atoms with Crippen molar-refractivity contribution < 1.29 is 24.2 Å². The lowest BCUT2D eigenvalue weighted by Gasteiger charge is -2.25. The Labute approximate surface area is 194 Å². The van der Waals surface area contributed by atoms with Gasteiger partial charge in [0.25, 0.3) is 0 Å². The van der Waals surface area contributed by atoms with Crippen LogP contribution in [-0.2, 0) is 14.3 Å². The second-order valence-electron chi connectivity index (χ2n) is 8.89. The van der Waals surface area contributed by atoms with Crippen LogP contribution in [0.2, 0.25) is 0 Å². The quantitative estimate of drug-likeness (QED) is 0.498. The molecule has 0 bridgehead atoms. The maximum atomic E-state index is 12.3. The molecule has 2 unspecified atom stereocenters. The highest BCUT2D eigenvalue weighted by Crippen LogP contribution is 2.44. The van der Waals surface area contributed by atoms with Gasteiger partial charge in [0.2, 0.25) is 5.91 Å². The summed E-state index contributed by atoms with van der Waals surface area (Å²) in [5, 5.41) is 14.6. The Hall–Kier alpha value is -3.35. The van der Waals surface area contributed by atoms with Crippen LogP contribution in [0, 0.1) is 5.92 Å². The summed E-state index contributed by atoms with van der Waals surface area (Å²) in [6, 6.07) is 16.3. The van der Waals surface area contributed by atoms with Crippen LogP contribution in [0.25, 0.3) is 11.1 Å². The van der Waals surface area contributed by atoms with Crippen molar-refractivity contribution >= 4 is 18.0 Å². The van der Waals surface area contributed by atoms with Crippen molar-refractivity contribution in [1.82, 2.24) is 10.6 Å². The third kappa shape index (κ3) is 5.72. The molecule has 1 aliphatic rings. The van der Waals surface area contributed by atoms with Crippen molar-refractivity contribution in [3.63, 3.8) is 0 Å². The van der Waals surface area contributed by atoms with E-state index in [1.165, 1.54) is 18.1 Å². The van der Waals surface area contributed by atoms with E-state index >= 15 is 0 Å². The van der Waals surface area contributed by atoms with E-state index in [0.717, 1.165) is 11.1 Å². The molecule has 0 aliphatic heterocycles. The van der Waals surface area contributed by atoms with E-state index < -0.39 is 17.6 Å². The number of carbonyl (C=O) groups is 3. The van der Waals surface area contributed by atoms with E-state index in [-0.39, 0.29) is 30.8 Å². The van der Waals surface area contributed by atoms with Crippen molar-refractivity contribution in [2.45, 2.75) is 51.5 Å². The van der Waals surface area contributed by atoms with Gasteiger partial charge in [0.05, 0.1) is 0 Å². The number of amides is 2. The topological polar surface area (TPSA) is 105 Å². The summed E-state index contributed by atoms with van der Waals surface area (Å²) in [7, 11) is 0. The molecule has 2 aromatic carbocycles. The van der Waals surface area contributed by atoms with E-state index in [0.29, 0.717) is 19.4 Å². The van der Waals surface area contributed by atoms with Crippen molar-refractivity contribution in [2.24, 2.45) is 5.92 Å². The van der Waals surface area contributed by atoms with Crippen LogP contribution in [0.15, 0.2) is 48.5 Å². The largest absolute Gasteiger partial charge is 0.480 e. The van der Waals surface area contributed by atoms with Crippen LogP contribution in [0.3, 0.4) is 0 Å². The Morgan fingerprint density at radius 1 is 1.06 bits per heavy atom. The Kier molecular flexibility index (Phi) is 7.74. The first-order chi connectivity index (χ1) is 15.7. The summed E-state index contributed by atoms with van der Waals surface area (Å²) in [5.74, 6) is -1.38. The Bertz CT molecular complexity index is 976. The molecular weight excluding hydrogens is 420 g/mol. The number of alkyl carbamates (subject to hydrolysis) is 1. The molecule has 7 nitrogen and oxygen atoms in total. The van der Waals surface area contributed by atoms with Crippen molar-refractivity contribution in [2.75, 3.05) is 13.2 Å². The van der Waals surface area contributed by atoms with Gasteiger partial charge < -0.3 is 20.5 Å². The van der Waals surface area contributed by atoms with Crippen LogP contribution in [0.1, 0.15) is 57.1 Å². The van der Waals surface area contributed by atoms with Gasteiger partial charge in [-0.05, 0) is 47.9 Å². The summed E-state index contributed by atoms with van der Waals surface area (Å²) < 4.78 is 5.51. The number of ether oxygens (including phenoxy) is 1. The van der Waals surface area contributed by atoms with Gasteiger partial charge >= 0.3 is 12.1 Å². The average Bonchev–Trinajstić information content (AvgIpc) is 3.11. The minimum atomic E-state index is -1.27. The molecule has 0 spiro atoms. The van der Waals surface area contributed by atoms with Gasteiger partial charge in [0.15, 0.2) is 0 Å². The molecule has 0 aromatic heterocycles. The Balaban J connectivity index is 1.43. The highest BCUT2D eigenvalue weighted by atomic mass is 16.5. The third-order valence-electron chi connectivity index (χ3n) is 6.38. The number of hydrogen-bond acceptors (Lipinski definition) is 4. The second kappa shape index (κ2) is 10.5. The molecule has 7 heteroatoms. The van der Waals surface area contributed by atoms with E-state index in [2.05, 4.69) is 34.9 Å². The van der Waals surface area contributed by atoms with Crippen molar-refractivity contribution in [3.05, 3.63) is 59.7 Å². The van der Waals surface area contributed by atoms with Crippen LogP contribution >= 0.6 is 0 Å². The number of rotatable bonds is 10. The lowest BCUT2D eigenvalue weighted by molar-refractivity contribution is -0.147. The molecule has 0 fully saturated rings. The van der Waals surface area contributed by atoms with Crippen molar-refractivity contribution in [1.29, 1.82) is 0 Å². The van der Waals surface area contributed by atoms with Crippen LogP contribution < -0.4 is 10.6 Å². The standard InChI is InChI=1S/C26H32N2O5/c1-4-26(3,24(30)31)28-23(29)15-17(2)13-14-27-25(32)33-16-22-20-11-7-5-9-18(20)19-10-6-8-12-21(19)22/h5-12,17,22H,4,13-16H2,1-3H3,(H,27,32)(H,28,29)(H,30,31). The molecule has 0 radical (unpaired) electrons. The number of carboxylic acid groups (broad SMARTS) is 1. The van der Waals surface area contributed by atoms with E-state index in [9.17, 15) is 19.5 Å². The van der Waals surface area contributed by atoms with Gasteiger partial charge in [-0.1, -0.05) is 62.4 Å². The highest BCUT2D eigenvalue weighted by molar-refractivity contribution is 5.86. The predicted octanol–water partition coefficient (Wildman–Crippen LogP) is 4.31. The average molecular weight is 453 g/mol. The second-order valence-corrected chi connectivity index (χ2v) is 8.89. The molecule has 3 N–H and O–H groups in total. The molecular formula is C26H32N2O5. The Morgan fingerprint density at radius 2 is 1.64 bits per heavy atom. The molecule has 33 heavy (non-hydrogen) atoms. The number of hydrogen-bond donors (Lipinski definition) is 3. The van der Waals surface area contributed by atoms with Gasteiger partial charge in [-0.15, -0.1) is 0 Å². The smallest absolute Gasteiger partial charge is 0.407 e. The molecule has 2 aromatic rings. The van der Waals surface area contributed by atoms with Gasteiger partial charge in [0, 0.05) is 18.9 Å². The molecule has 0 saturated heterocycles. The summed E-state index contributed by atoms with van der Waals surface area (Å²) in [6.07, 6.45) is 0.576. The number of carbonyl (C=O) groups excluding carboxylic acids is 2. The number of aliphatic carboxylic acids is 1. The highest BCUT2D eigenvalue weighted by Gasteiger charge is 2.33. The summed E-state index contributed by atoms with van der Waals surface area (Å²) in [4.78, 5) is 35.8. The van der Waals surface area contributed by atoms with Gasteiger partial charge in [-0.25, -0.2) is 9.59 Å². The summed E-state index contributed by atoms with van der Waals surface area (Å²) in [6.45, 7) is 5.73. The first kappa shape index (κ1) is 24.3. The minimum absolute atomic E-state index is 0.00730. The number of fused-ring (bicyclic) bond motifs is 3. The maximum absolute atomic E-state index is 12.3. The SMILES string of the molecule is CCC(C)(NC(=O)CC(C)CCNC(=O)OCC1c2ccccc2-c2ccccc21)C(=O)O. The van der Waals surface area contributed by atoms with Gasteiger partial charge in [-0.2, -0.15) is 0 Å². The first-order valence-electron chi connectivity index (χ1n) is 11.4. The lowest BCUT2D eigenvalue weighted by atomic mass is 9.97. The minimum Gasteiger partial charge on any atom is -0.480 e. The molecule has 3 rings (SSSR count). The number of carboxylic acids is 1. The van der Waals surface area contributed by atoms with Crippen LogP contribution in [-0.4, -0.2) is 41.8 Å². The van der Waals surface area contributed by atoms with Gasteiger partial charge in [0.1, 0.15) is 12.1 Å². The zero-order valence-corrected chi connectivity index (χ0v) is 19.4. The monoisotopic (exact) mass is 452 g/mol. The predicted molar refractivity (Wildman–Crippen MR) is 126 cm³/mol. The maximum Gasteiger partial charge on any atom is 0.407 e. The van der Waals surface area contributed by atoms with E-state index in [1.807, 2.05) is 31.2 Å². The first-order valence-corrected chi connectivity index (χ1v) is 11.4. The molecule has 176 valence electrons. The van der Waals surface area contributed by atoms with Crippen molar-refractivity contribution in [3.8, 4) is 11.1 Å². The third-order valence-corrected chi connectivity index (χ3v) is 6.38. The van der Waals surface area contributed by atoms with Crippen LogP contribution in [0.4, 0.5) is 4.79 Å². The fourth-order valence-electron chi connectivity index (χ4n) is 4.14. The normalized spacial score (nSPS) is 15.0. The molecule has 1 aliphatic carbocycles. The zero-order chi connectivity index (χ0) is 24.0. The summed E-state index contributed by atoms with van der Waals surface area (Å²) in [5.41, 5.74) is 3.40. The number of nitrogens with one attached hydrogen (secondary N) is 2. The zero-order valence-electron chi connectivity index (χ0n) is 19.4. The summed E-state index contributed by atoms with van der Waals surface area (Å²) >= 11 is 0. The van der Waals surface area contributed by atoms with Crippen LogP contribution in [0.5, 0.6) is 0 Å². The fraction of sp³-hybridized carbons (Fsp3) is 0.423. The molecule has 2 amide bonds. The number of benzene rings is 2. The fourth-order valence-corrected chi connectivity index (χ4v) is 4.14. The van der Waals surface area contributed by atoms with E-state index in [1.54, 1.807) is 6.92 Å². The van der Waals surface area contributed by atoms with E-state index in [4.69, 9.17) is 4.74 Å². The molecule has 0 heterocycles. The lowest BCUT2D eigenvalue weighted by Crippen LogP contribution is -2.52. The van der Waals surface area contributed by atoms with Gasteiger partial charge in [-0.3, -0.25) is 4.79 Å². The molecule has 0 saturated carbocycles. The molecule has 2 atom stereocenters.